The van der Waals surface area contributed by atoms with Crippen LogP contribution in [-0.2, 0) is 16.2 Å². The Bertz CT molecular complexity index is 1460. The number of thioether (sulfide) groups is 1. The van der Waals surface area contributed by atoms with Crippen LogP contribution >= 0.6 is 46.6 Å². The molecule has 3 aromatic rings. The van der Waals surface area contributed by atoms with Crippen molar-refractivity contribution in [3.05, 3.63) is 91.3 Å². The summed E-state index contributed by atoms with van der Waals surface area (Å²) >= 11 is 19.2. The number of halogens is 3. The van der Waals surface area contributed by atoms with Crippen LogP contribution in [0.1, 0.15) is 23.6 Å². The molecule has 11 heteroatoms. The second-order valence-electron chi connectivity index (χ2n) is 8.45. The number of imide groups is 1. The van der Waals surface area contributed by atoms with Crippen LogP contribution < -0.4 is 14.8 Å². The van der Waals surface area contributed by atoms with E-state index in [9.17, 15) is 14.4 Å². The van der Waals surface area contributed by atoms with Crippen molar-refractivity contribution in [3.63, 3.8) is 0 Å². The number of carbonyl (C=O) groups is 3. The lowest BCUT2D eigenvalue weighted by atomic mass is 10.1. The third-order valence-electron chi connectivity index (χ3n) is 5.57. The van der Waals surface area contributed by atoms with Crippen molar-refractivity contribution in [3.8, 4) is 11.5 Å². The minimum Gasteiger partial charge on any atom is -0.490 e. The van der Waals surface area contributed by atoms with E-state index in [0.29, 0.717) is 39.4 Å². The van der Waals surface area contributed by atoms with Crippen molar-refractivity contribution >= 4 is 75.4 Å². The summed E-state index contributed by atoms with van der Waals surface area (Å²) < 4.78 is 11.7. The number of nitrogens with one attached hydrogen (secondary N) is 1. The number of nitrogens with zero attached hydrogens (tertiary/aromatic N) is 1. The number of ether oxygens (including phenoxy) is 2. The Morgan fingerprint density at radius 1 is 1.00 bits per heavy atom. The van der Waals surface area contributed by atoms with E-state index in [2.05, 4.69) is 5.32 Å². The first-order valence-electron chi connectivity index (χ1n) is 11.8. The number of amides is 3. The summed E-state index contributed by atoms with van der Waals surface area (Å²) in [5, 5.41) is 3.49. The summed E-state index contributed by atoms with van der Waals surface area (Å²) in [5.74, 6) is -0.361. The van der Waals surface area contributed by atoms with Gasteiger partial charge < -0.3 is 14.8 Å². The minimum atomic E-state index is -0.583. The fraction of sp³-hybridized carbons (Fsp3) is 0.179. The Kier molecular flexibility index (Phi) is 9.45. The maximum atomic E-state index is 13.0. The van der Waals surface area contributed by atoms with Crippen LogP contribution in [0, 0.1) is 6.92 Å². The standard InChI is InChI=1S/C28H23Cl3N2O5S/c1-3-37-23-11-18(10-21(31)26(23)38-15-17-5-8-19(29)9-6-17)12-24-27(35)33(28(36)39-24)14-25(34)32-22-13-20(30)7-4-16(22)2/h4-13H,3,14-15H2,1-2H3,(H,32,34)/b24-12+. The van der Waals surface area contributed by atoms with Crippen molar-refractivity contribution in [1.29, 1.82) is 0 Å². The monoisotopic (exact) mass is 604 g/mol. The third kappa shape index (κ3) is 7.28. The SMILES string of the molecule is CCOc1cc(/C=C2/SC(=O)N(CC(=O)Nc3cc(Cl)ccc3C)C2=O)cc(Cl)c1OCc1ccc(Cl)cc1. The van der Waals surface area contributed by atoms with Crippen LogP contribution in [0.15, 0.2) is 59.5 Å². The molecule has 3 amide bonds. The third-order valence-corrected chi connectivity index (χ3v) is 7.25. The molecule has 0 spiro atoms. The highest BCUT2D eigenvalue weighted by Gasteiger charge is 2.36. The first kappa shape index (κ1) is 28.8. The first-order valence-corrected chi connectivity index (χ1v) is 13.7. The van der Waals surface area contributed by atoms with Crippen molar-refractivity contribution < 1.29 is 23.9 Å². The lowest BCUT2D eigenvalue weighted by Gasteiger charge is -2.15. The van der Waals surface area contributed by atoms with Gasteiger partial charge in [-0.15, -0.1) is 0 Å². The molecule has 39 heavy (non-hydrogen) atoms. The summed E-state index contributed by atoms with van der Waals surface area (Å²) in [7, 11) is 0. The zero-order valence-electron chi connectivity index (χ0n) is 20.9. The fourth-order valence-electron chi connectivity index (χ4n) is 3.66. The second-order valence-corrected chi connectivity index (χ2v) is 10.7. The molecule has 1 aliphatic heterocycles. The largest absolute Gasteiger partial charge is 0.490 e. The highest BCUT2D eigenvalue weighted by molar-refractivity contribution is 8.18. The van der Waals surface area contributed by atoms with Gasteiger partial charge in [0.05, 0.1) is 16.5 Å². The van der Waals surface area contributed by atoms with E-state index in [1.165, 1.54) is 6.08 Å². The second kappa shape index (κ2) is 12.8. The minimum absolute atomic E-state index is 0.153. The van der Waals surface area contributed by atoms with Crippen LogP contribution in [-0.4, -0.2) is 35.1 Å². The van der Waals surface area contributed by atoms with E-state index < -0.39 is 23.6 Å². The van der Waals surface area contributed by atoms with Crippen molar-refractivity contribution in [2.24, 2.45) is 0 Å². The molecular weight excluding hydrogens is 583 g/mol. The topological polar surface area (TPSA) is 84.9 Å². The molecule has 0 saturated carbocycles. The van der Waals surface area contributed by atoms with E-state index in [1.807, 2.05) is 26.0 Å². The molecule has 1 heterocycles. The Morgan fingerprint density at radius 3 is 2.44 bits per heavy atom. The van der Waals surface area contributed by atoms with Gasteiger partial charge in [0.1, 0.15) is 13.2 Å². The average Bonchev–Trinajstić information content (AvgIpc) is 3.14. The molecule has 0 radical (unpaired) electrons. The maximum absolute atomic E-state index is 13.0. The van der Waals surface area contributed by atoms with Gasteiger partial charge in [-0.3, -0.25) is 19.3 Å². The number of hydrogen-bond acceptors (Lipinski definition) is 6. The van der Waals surface area contributed by atoms with E-state index in [0.717, 1.165) is 27.8 Å². The zero-order valence-corrected chi connectivity index (χ0v) is 24.0. The molecule has 0 unspecified atom stereocenters. The van der Waals surface area contributed by atoms with Gasteiger partial charge in [-0.25, -0.2) is 0 Å². The Balaban J connectivity index is 1.49. The van der Waals surface area contributed by atoms with Gasteiger partial charge >= 0.3 is 0 Å². The lowest BCUT2D eigenvalue weighted by Crippen LogP contribution is -2.36. The van der Waals surface area contributed by atoms with Crippen LogP contribution in [0.5, 0.6) is 11.5 Å². The van der Waals surface area contributed by atoms with E-state index in [1.54, 1.807) is 42.5 Å². The number of benzene rings is 3. The molecule has 1 N–H and O–H groups in total. The maximum Gasteiger partial charge on any atom is 0.294 e. The molecule has 4 rings (SSSR count). The molecule has 0 bridgehead atoms. The van der Waals surface area contributed by atoms with E-state index in [-0.39, 0.29) is 16.5 Å². The quantitative estimate of drug-likeness (QED) is 0.253. The smallest absolute Gasteiger partial charge is 0.294 e. The summed E-state index contributed by atoms with van der Waals surface area (Å²) in [5.41, 5.74) is 2.73. The van der Waals surface area contributed by atoms with Gasteiger partial charge in [0.2, 0.25) is 5.91 Å². The molecule has 0 atom stereocenters. The van der Waals surface area contributed by atoms with Crippen LogP contribution in [0.4, 0.5) is 10.5 Å². The van der Waals surface area contributed by atoms with Gasteiger partial charge in [-0.05, 0) is 84.8 Å². The Labute approximate surface area is 245 Å². The summed E-state index contributed by atoms with van der Waals surface area (Å²) in [6, 6.07) is 15.6. The van der Waals surface area contributed by atoms with Gasteiger partial charge in [0.25, 0.3) is 11.1 Å². The summed E-state index contributed by atoms with van der Waals surface area (Å²) in [6.07, 6.45) is 1.53. The highest BCUT2D eigenvalue weighted by Crippen LogP contribution is 2.39. The van der Waals surface area contributed by atoms with Gasteiger partial charge in [0.15, 0.2) is 11.5 Å². The molecule has 0 aliphatic carbocycles. The predicted octanol–water partition coefficient (Wildman–Crippen LogP) is 7.61. The number of aryl methyl sites for hydroxylation is 1. The van der Waals surface area contributed by atoms with Crippen molar-refractivity contribution in [2.45, 2.75) is 20.5 Å². The number of carbonyl (C=O) groups excluding carboxylic acids is 3. The van der Waals surface area contributed by atoms with Crippen molar-refractivity contribution in [2.75, 3.05) is 18.5 Å². The Morgan fingerprint density at radius 2 is 1.72 bits per heavy atom. The molecule has 7 nitrogen and oxygen atoms in total. The molecule has 0 aromatic heterocycles. The predicted molar refractivity (Wildman–Crippen MR) is 156 cm³/mol. The number of anilines is 1. The zero-order chi connectivity index (χ0) is 28.1. The average molecular weight is 606 g/mol. The summed E-state index contributed by atoms with van der Waals surface area (Å²) in [4.78, 5) is 39.2. The molecular formula is C28H23Cl3N2O5S. The van der Waals surface area contributed by atoms with Crippen LogP contribution in [0.3, 0.4) is 0 Å². The van der Waals surface area contributed by atoms with Crippen LogP contribution in [0.25, 0.3) is 6.08 Å². The molecule has 202 valence electrons. The molecule has 3 aromatic carbocycles. The van der Waals surface area contributed by atoms with E-state index >= 15 is 0 Å². The highest BCUT2D eigenvalue weighted by atomic mass is 35.5. The molecule has 1 fully saturated rings. The molecule has 1 saturated heterocycles. The van der Waals surface area contributed by atoms with Crippen LogP contribution in [0.2, 0.25) is 15.1 Å². The number of hydrogen-bond donors (Lipinski definition) is 1. The normalized spacial score (nSPS) is 14.2. The summed E-state index contributed by atoms with van der Waals surface area (Å²) in [6.45, 7) is 3.80. The fourth-order valence-corrected chi connectivity index (χ4v) is 5.07. The first-order chi connectivity index (χ1) is 18.6. The number of rotatable bonds is 9. The van der Waals surface area contributed by atoms with Crippen molar-refractivity contribution in [1.82, 2.24) is 4.90 Å². The van der Waals surface area contributed by atoms with Gasteiger partial charge in [0, 0.05) is 15.7 Å². The van der Waals surface area contributed by atoms with E-state index in [4.69, 9.17) is 44.3 Å². The van der Waals surface area contributed by atoms with Gasteiger partial charge in [-0.1, -0.05) is 53.0 Å². The Hall–Kier alpha value is -3.17. The van der Waals surface area contributed by atoms with Gasteiger partial charge in [-0.2, -0.15) is 0 Å². The molecule has 1 aliphatic rings. The lowest BCUT2D eigenvalue weighted by molar-refractivity contribution is -0.127.